The molecule has 0 aliphatic carbocycles. The fraction of sp³-hybridized carbons (Fsp3) is 0.526. The highest BCUT2D eigenvalue weighted by molar-refractivity contribution is 5.94. The van der Waals surface area contributed by atoms with Crippen molar-refractivity contribution in [2.75, 3.05) is 13.2 Å². The Morgan fingerprint density at radius 1 is 1.28 bits per heavy atom. The molecule has 25 heavy (non-hydrogen) atoms. The minimum absolute atomic E-state index is 0.0563. The Labute approximate surface area is 148 Å². The highest BCUT2D eigenvalue weighted by Gasteiger charge is 2.23. The van der Waals surface area contributed by atoms with Gasteiger partial charge >= 0.3 is 0 Å². The zero-order valence-corrected chi connectivity index (χ0v) is 14.4. The first-order valence-electron chi connectivity index (χ1n) is 8.98. The zero-order valence-electron chi connectivity index (χ0n) is 14.4. The highest BCUT2D eigenvalue weighted by atomic mass is 16.5. The first-order valence-corrected chi connectivity index (χ1v) is 8.98. The molecule has 0 radical (unpaired) electrons. The number of hydrogen-bond acceptors (Lipinski definition) is 4. The maximum atomic E-state index is 12.8. The van der Waals surface area contributed by atoms with E-state index >= 15 is 0 Å². The molecule has 2 aliphatic heterocycles. The van der Waals surface area contributed by atoms with E-state index in [0.29, 0.717) is 38.8 Å². The number of nitrogens with zero attached hydrogens (tertiary/aromatic N) is 2. The quantitative estimate of drug-likeness (QED) is 0.825. The molecule has 1 aromatic carbocycles. The summed E-state index contributed by atoms with van der Waals surface area (Å²) in [5.41, 5.74) is 4.50. The van der Waals surface area contributed by atoms with E-state index in [1.54, 1.807) is 0 Å². The van der Waals surface area contributed by atoms with Crippen LogP contribution in [0.25, 0.3) is 0 Å². The third kappa shape index (κ3) is 5.39. The lowest BCUT2D eigenvalue weighted by Gasteiger charge is -2.26. The Hall–Kier alpha value is -2.21. The number of hydrogen-bond donors (Lipinski definition) is 1. The molecule has 1 fully saturated rings. The molecule has 1 atom stereocenters. The van der Waals surface area contributed by atoms with Gasteiger partial charge in [0.15, 0.2) is 0 Å². The van der Waals surface area contributed by atoms with Crippen molar-refractivity contribution in [1.82, 2.24) is 10.3 Å². The molecule has 1 N–H and O–H groups in total. The minimum Gasteiger partial charge on any atom is -0.376 e. The monoisotopic (exact) mass is 343 g/mol. The summed E-state index contributed by atoms with van der Waals surface area (Å²) < 4.78 is 5.71. The smallest absolute Gasteiger partial charge is 0.240 e. The van der Waals surface area contributed by atoms with Crippen LogP contribution in [0.5, 0.6) is 0 Å². The van der Waals surface area contributed by atoms with E-state index in [9.17, 15) is 9.59 Å². The number of rotatable bonds is 7. The molecule has 6 nitrogen and oxygen atoms in total. The number of hydrazone groups is 1. The van der Waals surface area contributed by atoms with Gasteiger partial charge in [-0.2, -0.15) is 5.10 Å². The molecule has 0 bridgehead atoms. The summed E-state index contributed by atoms with van der Waals surface area (Å²) in [5.74, 6) is 0.0538. The SMILES string of the molecule is O=C1CCC(CCC(=O)N(Cc2ccccc2)C[C@@H]2CCCO2)=NN1. The van der Waals surface area contributed by atoms with Gasteiger partial charge in [0.2, 0.25) is 11.8 Å². The standard InChI is InChI=1S/C19H25N3O3/c23-18-10-8-16(20-21-18)9-11-19(24)22(14-17-7-4-12-25-17)13-15-5-2-1-3-6-15/h1-3,5-6,17H,4,7-14H2,(H,21,23)/t17-/m0/s1. The van der Waals surface area contributed by atoms with Gasteiger partial charge in [-0.1, -0.05) is 30.3 Å². The molecule has 0 unspecified atom stereocenters. The second-order valence-corrected chi connectivity index (χ2v) is 6.61. The third-order valence-electron chi connectivity index (χ3n) is 4.62. The summed E-state index contributed by atoms with van der Waals surface area (Å²) >= 11 is 0. The Kier molecular flexibility index (Phi) is 6.17. The average molecular weight is 343 g/mol. The zero-order chi connectivity index (χ0) is 17.5. The molecule has 0 spiro atoms. The van der Waals surface area contributed by atoms with Crippen LogP contribution in [-0.4, -0.2) is 41.7 Å². The van der Waals surface area contributed by atoms with Crippen LogP contribution in [0.3, 0.4) is 0 Å². The van der Waals surface area contributed by atoms with E-state index < -0.39 is 0 Å². The van der Waals surface area contributed by atoms with Crippen LogP contribution in [-0.2, 0) is 20.9 Å². The average Bonchev–Trinajstić information content (AvgIpc) is 3.14. The lowest BCUT2D eigenvalue weighted by Crippen LogP contribution is -2.37. The van der Waals surface area contributed by atoms with E-state index in [-0.39, 0.29) is 17.9 Å². The first kappa shape index (κ1) is 17.6. The Morgan fingerprint density at radius 3 is 2.80 bits per heavy atom. The predicted octanol–water partition coefficient (Wildman–Crippen LogP) is 2.24. The molecule has 1 saturated heterocycles. The maximum Gasteiger partial charge on any atom is 0.240 e. The van der Waals surface area contributed by atoms with Crippen molar-refractivity contribution in [3.8, 4) is 0 Å². The van der Waals surface area contributed by atoms with Gasteiger partial charge < -0.3 is 9.64 Å². The summed E-state index contributed by atoms with van der Waals surface area (Å²) in [7, 11) is 0. The van der Waals surface area contributed by atoms with E-state index in [0.717, 1.165) is 30.7 Å². The van der Waals surface area contributed by atoms with Gasteiger partial charge in [-0.05, 0) is 31.2 Å². The Balaban J connectivity index is 1.58. The summed E-state index contributed by atoms with van der Waals surface area (Å²) in [4.78, 5) is 25.8. The van der Waals surface area contributed by atoms with Gasteiger partial charge in [-0.3, -0.25) is 9.59 Å². The van der Waals surface area contributed by atoms with Gasteiger partial charge in [0.05, 0.1) is 6.10 Å². The van der Waals surface area contributed by atoms with Crippen LogP contribution in [0.15, 0.2) is 35.4 Å². The lowest BCUT2D eigenvalue weighted by molar-refractivity contribution is -0.133. The predicted molar refractivity (Wildman–Crippen MR) is 94.9 cm³/mol. The minimum atomic E-state index is -0.0563. The van der Waals surface area contributed by atoms with Crippen molar-refractivity contribution in [1.29, 1.82) is 0 Å². The van der Waals surface area contributed by atoms with Crippen LogP contribution in [0.2, 0.25) is 0 Å². The number of carbonyl (C=O) groups is 2. The van der Waals surface area contributed by atoms with Crippen LogP contribution < -0.4 is 5.43 Å². The topological polar surface area (TPSA) is 71.0 Å². The van der Waals surface area contributed by atoms with E-state index in [1.807, 2.05) is 35.2 Å². The number of benzene rings is 1. The fourth-order valence-electron chi connectivity index (χ4n) is 3.19. The van der Waals surface area contributed by atoms with Crippen molar-refractivity contribution in [2.24, 2.45) is 5.10 Å². The third-order valence-corrected chi connectivity index (χ3v) is 4.62. The highest BCUT2D eigenvalue weighted by Crippen LogP contribution is 2.17. The molecule has 0 aromatic heterocycles. The van der Waals surface area contributed by atoms with Crippen molar-refractivity contribution < 1.29 is 14.3 Å². The van der Waals surface area contributed by atoms with Crippen molar-refractivity contribution in [3.05, 3.63) is 35.9 Å². The molecule has 1 aromatic rings. The lowest BCUT2D eigenvalue weighted by atomic mass is 10.1. The summed E-state index contributed by atoms with van der Waals surface area (Å²) in [6.07, 6.45) is 4.31. The molecule has 6 heteroatoms. The molecule has 2 aliphatic rings. The van der Waals surface area contributed by atoms with Gasteiger partial charge in [-0.25, -0.2) is 5.43 Å². The van der Waals surface area contributed by atoms with Crippen molar-refractivity contribution in [3.63, 3.8) is 0 Å². The van der Waals surface area contributed by atoms with E-state index in [2.05, 4.69) is 10.5 Å². The Bertz CT molecular complexity index is 624. The molecule has 2 heterocycles. The van der Waals surface area contributed by atoms with Gasteiger partial charge in [0.25, 0.3) is 0 Å². The first-order chi connectivity index (χ1) is 12.2. The van der Waals surface area contributed by atoms with E-state index in [4.69, 9.17) is 4.74 Å². The number of ether oxygens (including phenoxy) is 1. The molecular formula is C19H25N3O3. The van der Waals surface area contributed by atoms with Crippen LogP contribution >= 0.6 is 0 Å². The molecule has 134 valence electrons. The van der Waals surface area contributed by atoms with Crippen LogP contribution in [0.1, 0.15) is 44.1 Å². The van der Waals surface area contributed by atoms with Gasteiger partial charge in [0.1, 0.15) is 0 Å². The van der Waals surface area contributed by atoms with Gasteiger partial charge in [-0.15, -0.1) is 0 Å². The molecule has 2 amide bonds. The normalized spacial score (nSPS) is 20.1. The van der Waals surface area contributed by atoms with Crippen LogP contribution in [0.4, 0.5) is 0 Å². The Morgan fingerprint density at radius 2 is 2.12 bits per heavy atom. The number of amides is 2. The number of carbonyl (C=O) groups excluding carboxylic acids is 2. The summed E-state index contributed by atoms with van der Waals surface area (Å²) in [5, 5.41) is 4.05. The second-order valence-electron chi connectivity index (χ2n) is 6.61. The molecular weight excluding hydrogens is 318 g/mol. The molecule has 3 rings (SSSR count). The largest absolute Gasteiger partial charge is 0.376 e. The van der Waals surface area contributed by atoms with Crippen LogP contribution in [0, 0.1) is 0 Å². The number of nitrogens with one attached hydrogen (secondary N) is 1. The summed E-state index contributed by atoms with van der Waals surface area (Å²) in [6.45, 7) is 2.02. The maximum absolute atomic E-state index is 12.8. The van der Waals surface area contributed by atoms with Gasteiger partial charge in [0, 0.05) is 38.2 Å². The fourth-order valence-corrected chi connectivity index (χ4v) is 3.19. The van der Waals surface area contributed by atoms with E-state index in [1.165, 1.54) is 0 Å². The molecule has 0 saturated carbocycles. The second kappa shape index (κ2) is 8.76. The van der Waals surface area contributed by atoms with Crippen molar-refractivity contribution in [2.45, 2.75) is 51.2 Å². The van der Waals surface area contributed by atoms with Crippen molar-refractivity contribution >= 4 is 17.5 Å². The summed E-state index contributed by atoms with van der Waals surface area (Å²) in [6, 6.07) is 10.0.